The lowest BCUT2D eigenvalue weighted by atomic mass is 10.2. The number of ketones is 1. The first-order valence-electron chi connectivity index (χ1n) is 7.53. The Morgan fingerprint density at radius 2 is 1.96 bits per heavy atom. The van der Waals surface area contributed by atoms with Crippen molar-refractivity contribution in [1.29, 1.82) is 0 Å². The monoisotopic (exact) mass is 351 g/mol. The zero-order valence-electron chi connectivity index (χ0n) is 13.9. The number of hydrogen-bond acceptors (Lipinski definition) is 3. The van der Waals surface area contributed by atoms with Crippen LogP contribution in [-0.4, -0.2) is 29.8 Å². The van der Waals surface area contributed by atoms with E-state index in [4.69, 9.17) is 16.3 Å². The van der Waals surface area contributed by atoms with Crippen molar-refractivity contribution in [3.8, 4) is 0 Å². The van der Waals surface area contributed by atoms with Gasteiger partial charge in [-0.1, -0.05) is 11.6 Å². The minimum atomic E-state index is 0.147. The number of aryl methyl sites for hydroxylation is 1. The summed E-state index contributed by atoms with van der Waals surface area (Å²) in [7, 11) is 1.69. The summed E-state index contributed by atoms with van der Waals surface area (Å²) >= 11 is 7.41. The molecule has 1 heterocycles. The fourth-order valence-electron chi connectivity index (χ4n) is 2.81. The van der Waals surface area contributed by atoms with E-state index in [2.05, 4.69) is 11.5 Å². The quantitative estimate of drug-likeness (QED) is 0.523. The highest BCUT2D eigenvalue weighted by Crippen LogP contribution is 2.25. The average Bonchev–Trinajstić information content (AvgIpc) is 2.81. The highest BCUT2D eigenvalue weighted by molar-refractivity contribution is 8.00. The highest BCUT2D eigenvalue weighted by atomic mass is 35.5. The summed E-state index contributed by atoms with van der Waals surface area (Å²) in [6.07, 6.45) is 0. The molecule has 1 aromatic heterocycles. The zero-order valence-corrected chi connectivity index (χ0v) is 15.5. The Kier molecular flexibility index (Phi) is 6.33. The van der Waals surface area contributed by atoms with E-state index in [1.807, 2.05) is 44.2 Å². The van der Waals surface area contributed by atoms with Gasteiger partial charge in [0.1, 0.15) is 0 Å². The first-order valence-corrected chi connectivity index (χ1v) is 8.89. The Hall–Kier alpha value is -1.23. The van der Waals surface area contributed by atoms with E-state index in [-0.39, 0.29) is 11.8 Å². The summed E-state index contributed by atoms with van der Waals surface area (Å²) < 4.78 is 7.40. The van der Waals surface area contributed by atoms with Crippen LogP contribution < -0.4 is 0 Å². The second-order valence-corrected chi connectivity index (χ2v) is 7.11. The fourth-order valence-corrected chi connectivity index (χ4v) is 3.72. The van der Waals surface area contributed by atoms with Crippen LogP contribution in [0.15, 0.2) is 35.2 Å². The van der Waals surface area contributed by atoms with Crippen LogP contribution in [0.1, 0.15) is 34.7 Å². The minimum absolute atomic E-state index is 0.147. The number of methoxy groups -OCH3 is 1. The molecule has 0 N–H and O–H groups in total. The van der Waals surface area contributed by atoms with Crippen LogP contribution in [0.25, 0.3) is 0 Å². The number of rotatable bonds is 7. The van der Waals surface area contributed by atoms with Crippen LogP contribution in [0.2, 0.25) is 5.02 Å². The maximum Gasteiger partial charge on any atom is 0.174 e. The maximum atomic E-state index is 12.6. The molecule has 0 spiro atoms. The third-order valence-corrected chi connectivity index (χ3v) is 5.08. The molecule has 124 valence electrons. The largest absolute Gasteiger partial charge is 0.383 e. The number of carbonyl (C=O) groups excluding carboxylic acids is 1. The van der Waals surface area contributed by atoms with Gasteiger partial charge in [-0.2, -0.15) is 0 Å². The molecule has 5 heteroatoms. The van der Waals surface area contributed by atoms with Gasteiger partial charge in [0.2, 0.25) is 0 Å². The van der Waals surface area contributed by atoms with Crippen LogP contribution in [0.5, 0.6) is 0 Å². The average molecular weight is 352 g/mol. The molecule has 1 unspecified atom stereocenters. The molecule has 0 bridgehead atoms. The number of Topliss-reactive ketones (excluding diaryl/α,β-unsaturated/α-hetero) is 1. The lowest BCUT2D eigenvalue weighted by Crippen LogP contribution is -2.14. The number of thioether (sulfide) groups is 1. The number of ether oxygens (including phenoxy) is 1. The predicted molar refractivity (Wildman–Crippen MR) is 97.0 cm³/mol. The van der Waals surface area contributed by atoms with Gasteiger partial charge in [0.25, 0.3) is 0 Å². The summed E-state index contributed by atoms with van der Waals surface area (Å²) in [4.78, 5) is 13.6. The van der Waals surface area contributed by atoms with Gasteiger partial charge in [0.05, 0.1) is 18.4 Å². The molecular weight excluding hydrogens is 330 g/mol. The minimum Gasteiger partial charge on any atom is -0.383 e. The summed E-state index contributed by atoms with van der Waals surface area (Å²) in [5, 5.41) is 0.705. The summed E-state index contributed by atoms with van der Waals surface area (Å²) in [6.45, 7) is 6.76. The Morgan fingerprint density at radius 1 is 1.30 bits per heavy atom. The molecule has 0 aliphatic rings. The van der Waals surface area contributed by atoms with Crippen LogP contribution in [-0.2, 0) is 4.74 Å². The summed E-state index contributed by atoms with van der Waals surface area (Å²) in [6, 6.07) is 9.74. The first kappa shape index (κ1) is 18.1. The molecule has 0 amide bonds. The Labute approximate surface area is 147 Å². The molecule has 2 aromatic rings. The van der Waals surface area contributed by atoms with E-state index in [9.17, 15) is 4.79 Å². The molecule has 1 aromatic carbocycles. The fraction of sp³-hybridized carbons (Fsp3) is 0.389. The van der Waals surface area contributed by atoms with Crippen molar-refractivity contribution in [3.63, 3.8) is 0 Å². The molecule has 3 nitrogen and oxygen atoms in total. The normalized spacial score (nSPS) is 12.4. The number of nitrogens with zero attached hydrogens (tertiary/aromatic N) is 1. The summed E-state index contributed by atoms with van der Waals surface area (Å²) in [5.74, 6) is 0.568. The van der Waals surface area contributed by atoms with Crippen molar-refractivity contribution in [3.05, 3.63) is 52.3 Å². The van der Waals surface area contributed by atoms with Crippen molar-refractivity contribution < 1.29 is 9.53 Å². The number of hydrogen-bond donors (Lipinski definition) is 0. The third-order valence-electron chi connectivity index (χ3n) is 3.82. The molecule has 0 saturated carbocycles. The molecular formula is C18H22ClNO2S. The van der Waals surface area contributed by atoms with Gasteiger partial charge >= 0.3 is 0 Å². The topological polar surface area (TPSA) is 31.2 Å². The highest BCUT2D eigenvalue weighted by Gasteiger charge is 2.18. The Bertz CT molecular complexity index is 679. The van der Waals surface area contributed by atoms with E-state index < -0.39 is 0 Å². The first-order chi connectivity index (χ1) is 10.9. The van der Waals surface area contributed by atoms with Crippen molar-refractivity contribution in [1.82, 2.24) is 4.57 Å². The molecule has 0 saturated heterocycles. The standard InChI is InChI=1S/C18H22ClNO2S/c1-12-9-17(14(3)20(12)13(2)10-22-4)18(21)11-23-16-7-5-15(19)6-8-16/h5-9,13H,10-11H2,1-4H3. The smallest absolute Gasteiger partial charge is 0.174 e. The van der Waals surface area contributed by atoms with Gasteiger partial charge in [-0.25, -0.2) is 0 Å². The molecule has 2 rings (SSSR count). The van der Waals surface area contributed by atoms with Gasteiger partial charge in [0, 0.05) is 34.0 Å². The molecule has 0 aliphatic carbocycles. The van der Waals surface area contributed by atoms with Crippen LogP contribution in [0.4, 0.5) is 0 Å². The number of benzene rings is 1. The molecule has 23 heavy (non-hydrogen) atoms. The predicted octanol–water partition coefficient (Wildman–Crippen LogP) is 4.94. The maximum absolute atomic E-state index is 12.6. The van der Waals surface area contributed by atoms with E-state index in [1.54, 1.807) is 7.11 Å². The van der Waals surface area contributed by atoms with Crippen LogP contribution >= 0.6 is 23.4 Å². The third kappa shape index (κ3) is 4.40. The molecule has 0 aliphatic heterocycles. The van der Waals surface area contributed by atoms with Gasteiger partial charge in [0.15, 0.2) is 5.78 Å². The summed E-state index contributed by atoms with van der Waals surface area (Å²) in [5.41, 5.74) is 2.90. The number of aromatic nitrogens is 1. The Morgan fingerprint density at radius 3 is 2.57 bits per heavy atom. The second-order valence-electron chi connectivity index (χ2n) is 5.62. The van der Waals surface area contributed by atoms with Crippen LogP contribution in [0, 0.1) is 13.8 Å². The lowest BCUT2D eigenvalue weighted by Gasteiger charge is -2.17. The number of carbonyl (C=O) groups is 1. The van der Waals surface area contributed by atoms with Crippen molar-refractivity contribution in [2.24, 2.45) is 0 Å². The molecule has 0 fully saturated rings. The Balaban J connectivity index is 2.10. The molecule has 1 atom stereocenters. The lowest BCUT2D eigenvalue weighted by molar-refractivity contribution is 0.102. The van der Waals surface area contributed by atoms with E-state index in [0.29, 0.717) is 17.4 Å². The van der Waals surface area contributed by atoms with Gasteiger partial charge < -0.3 is 9.30 Å². The molecule has 0 radical (unpaired) electrons. The van der Waals surface area contributed by atoms with Crippen molar-refractivity contribution in [2.45, 2.75) is 31.7 Å². The van der Waals surface area contributed by atoms with E-state index >= 15 is 0 Å². The van der Waals surface area contributed by atoms with E-state index in [1.165, 1.54) is 11.8 Å². The van der Waals surface area contributed by atoms with Gasteiger partial charge in [-0.05, 0) is 51.1 Å². The SMILES string of the molecule is COCC(C)n1c(C)cc(C(=O)CSc2ccc(Cl)cc2)c1C. The zero-order chi connectivity index (χ0) is 17.0. The van der Waals surface area contributed by atoms with Crippen molar-refractivity contribution >= 4 is 29.1 Å². The van der Waals surface area contributed by atoms with Gasteiger partial charge in [-0.3, -0.25) is 4.79 Å². The second kappa shape index (κ2) is 8.04. The van der Waals surface area contributed by atoms with Gasteiger partial charge in [-0.15, -0.1) is 11.8 Å². The van der Waals surface area contributed by atoms with Crippen LogP contribution in [0.3, 0.4) is 0 Å². The van der Waals surface area contributed by atoms with E-state index in [0.717, 1.165) is 21.8 Å². The number of halogens is 1. The van der Waals surface area contributed by atoms with Crippen molar-refractivity contribution in [2.75, 3.05) is 19.5 Å².